The summed E-state index contributed by atoms with van der Waals surface area (Å²) in [5.41, 5.74) is 0.226. The first-order valence-corrected chi connectivity index (χ1v) is 8.23. The molecule has 0 aromatic carbocycles. The van der Waals surface area contributed by atoms with Crippen LogP contribution in [0.2, 0.25) is 0 Å². The highest BCUT2D eigenvalue weighted by Crippen LogP contribution is 2.37. The van der Waals surface area contributed by atoms with E-state index in [9.17, 15) is 0 Å². The van der Waals surface area contributed by atoms with Crippen molar-refractivity contribution >= 4 is 11.3 Å². The van der Waals surface area contributed by atoms with E-state index in [1.807, 2.05) is 11.3 Å². The Balaban J connectivity index is 2.03. The lowest BCUT2D eigenvalue weighted by Gasteiger charge is -2.32. The Hall–Kier alpha value is -0.340. The van der Waals surface area contributed by atoms with Crippen LogP contribution in [0.4, 0.5) is 0 Å². The molecule has 18 heavy (non-hydrogen) atoms. The molecule has 1 aliphatic carbocycles. The molecule has 1 nitrogen and oxygen atoms in total. The molecule has 1 fully saturated rings. The highest BCUT2D eigenvalue weighted by atomic mass is 32.1. The van der Waals surface area contributed by atoms with Gasteiger partial charge in [0.1, 0.15) is 0 Å². The minimum Gasteiger partial charge on any atom is -0.311 e. The summed E-state index contributed by atoms with van der Waals surface area (Å²) < 4.78 is 0. The number of nitrogens with one attached hydrogen (secondary N) is 1. The van der Waals surface area contributed by atoms with Crippen LogP contribution in [0.25, 0.3) is 0 Å². The summed E-state index contributed by atoms with van der Waals surface area (Å²) in [5, 5.41) is 5.94. The monoisotopic (exact) mass is 265 g/mol. The summed E-state index contributed by atoms with van der Waals surface area (Å²) in [7, 11) is 0. The third-order valence-electron chi connectivity index (χ3n) is 3.98. The van der Waals surface area contributed by atoms with E-state index in [0.29, 0.717) is 0 Å². The zero-order chi connectivity index (χ0) is 13.0. The quantitative estimate of drug-likeness (QED) is 0.824. The molecule has 0 radical (unpaired) electrons. The molecule has 2 heteroatoms. The van der Waals surface area contributed by atoms with Gasteiger partial charge in [-0.2, -0.15) is 0 Å². The third kappa shape index (κ3) is 4.10. The van der Waals surface area contributed by atoms with E-state index >= 15 is 0 Å². The van der Waals surface area contributed by atoms with Crippen LogP contribution in [0, 0.1) is 5.92 Å². The SMILES string of the molecule is CC(C)(C)NCC(c1cccs1)C1CCCCC1. The van der Waals surface area contributed by atoms with E-state index < -0.39 is 0 Å². The smallest absolute Gasteiger partial charge is 0.00967 e. The molecule has 0 bridgehead atoms. The molecule has 2 rings (SSSR count). The summed E-state index contributed by atoms with van der Waals surface area (Å²) in [6.45, 7) is 7.92. The van der Waals surface area contributed by atoms with Crippen molar-refractivity contribution in [2.45, 2.75) is 64.3 Å². The molecular weight excluding hydrogens is 238 g/mol. The number of thiophene rings is 1. The average Bonchev–Trinajstić information content (AvgIpc) is 2.83. The van der Waals surface area contributed by atoms with Crippen molar-refractivity contribution in [1.29, 1.82) is 0 Å². The second-order valence-corrected chi connectivity index (χ2v) is 7.63. The lowest BCUT2D eigenvalue weighted by molar-refractivity contribution is 0.282. The Kier molecular flexibility index (Phi) is 4.85. The maximum atomic E-state index is 3.71. The van der Waals surface area contributed by atoms with Crippen LogP contribution in [-0.4, -0.2) is 12.1 Å². The van der Waals surface area contributed by atoms with E-state index in [4.69, 9.17) is 0 Å². The highest BCUT2D eigenvalue weighted by molar-refractivity contribution is 7.10. The van der Waals surface area contributed by atoms with Gasteiger partial charge in [-0.1, -0.05) is 25.3 Å². The van der Waals surface area contributed by atoms with E-state index in [1.54, 1.807) is 4.88 Å². The molecule has 1 aliphatic rings. The van der Waals surface area contributed by atoms with Gasteiger partial charge in [0, 0.05) is 22.9 Å². The van der Waals surface area contributed by atoms with Crippen molar-refractivity contribution in [1.82, 2.24) is 5.32 Å². The van der Waals surface area contributed by atoms with Crippen LogP contribution < -0.4 is 5.32 Å². The van der Waals surface area contributed by atoms with Gasteiger partial charge in [-0.15, -0.1) is 11.3 Å². The molecular formula is C16H27NS. The number of rotatable bonds is 4. The Morgan fingerprint density at radius 2 is 2.00 bits per heavy atom. The molecule has 1 aromatic heterocycles. The van der Waals surface area contributed by atoms with Crippen LogP contribution in [0.15, 0.2) is 17.5 Å². The van der Waals surface area contributed by atoms with Crippen LogP contribution in [0.5, 0.6) is 0 Å². The predicted molar refractivity (Wildman–Crippen MR) is 81.4 cm³/mol. The first-order chi connectivity index (χ1) is 8.56. The van der Waals surface area contributed by atoms with Crippen LogP contribution in [-0.2, 0) is 0 Å². The van der Waals surface area contributed by atoms with E-state index in [-0.39, 0.29) is 5.54 Å². The van der Waals surface area contributed by atoms with Gasteiger partial charge in [0.2, 0.25) is 0 Å². The standard InChI is InChI=1S/C16H27NS/c1-16(2,3)17-12-14(15-10-7-11-18-15)13-8-5-4-6-9-13/h7,10-11,13-14,17H,4-6,8-9,12H2,1-3H3. The topological polar surface area (TPSA) is 12.0 Å². The molecule has 1 heterocycles. The molecule has 0 spiro atoms. The largest absolute Gasteiger partial charge is 0.311 e. The lowest BCUT2D eigenvalue weighted by Crippen LogP contribution is -2.40. The van der Waals surface area contributed by atoms with Crippen LogP contribution in [0.3, 0.4) is 0 Å². The molecule has 1 aromatic rings. The highest BCUT2D eigenvalue weighted by Gasteiger charge is 2.26. The van der Waals surface area contributed by atoms with Crippen molar-refractivity contribution in [2.24, 2.45) is 5.92 Å². The zero-order valence-corrected chi connectivity index (χ0v) is 12.9. The van der Waals surface area contributed by atoms with Gasteiger partial charge in [-0.25, -0.2) is 0 Å². The zero-order valence-electron chi connectivity index (χ0n) is 12.0. The molecule has 0 aliphatic heterocycles. The molecule has 1 atom stereocenters. The first-order valence-electron chi connectivity index (χ1n) is 7.35. The van der Waals surface area contributed by atoms with Crippen molar-refractivity contribution in [3.8, 4) is 0 Å². The van der Waals surface area contributed by atoms with Gasteiger partial charge >= 0.3 is 0 Å². The fourth-order valence-electron chi connectivity index (χ4n) is 2.95. The number of hydrogen-bond donors (Lipinski definition) is 1. The van der Waals surface area contributed by atoms with Gasteiger partial charge in [-0.3, -0.25) is 0 Å². The minimum atomic E-state index is 0.226. The minimum absolute atomic E-state index is 0.226. The predicted octanol–water partition coefficient (Wildman–Crippen LogP) is 4.80. The maximum absolute atomic E-state index is 3.71. The third-order valence-corrected chi connectivity index (χ3v) is 4.98. The van der Waals surface area contributed by atoms with Crippen molar-refractivity contribution in [3.05, 3.63) is 22.4 Å². The van der Waals surface area contributed by atoms with Gasteiger partial charge in [-0.05, 0) is 51.0 Å². The Morgan fingerprint density at radius 1 is 1.28 bits per heavy atom. The van der Waals surface area contributed by atoms with Crippen molar-refractivity contribution < 1.29 is 0 Å². The van der Waals surface area contributed by atoms with Gasteiger partial charge in [0.05, 0.1) is 0 Å². The Morgan fingerprint density at radius 3 is 2.56 bits per heavy atom. The average molecular weight is 265 g/mol. The molecule has 102 valence electrons. The van der Waals surface area contributed by atoms with Crippen LogP contribution in [0.1, 0.15) is 63.7 Å². The van der Waals surface area contributed by atoms with E-state index in [0.717, 1.165) is 18.4 Å². The van der Waals surface area contributed by atoms with Gasteiger partial charge in [0.15, 0.2) is 0 Å². The molecule has 1 N–H and O–H groups in total. The van der Waals surface area contributed by atoms with Crippen LogP contribution >= 0.6 is 11.3 Å². The summed E-state index contributed by atoms with van der Waals surface area (Å²) >= 11 is 1.94. The van der Waals surface area contributed by atoms with Gasteiger partial charge in [0.25, 0.3) is 0 Å². The first kappa shape index (κ1) is 14.1. The fourth-order valence-corrected chi connectivity index (χ4v) is 3.88. The Labute approximate surface area is 116 Å². The van der Waals surface area contributed by atoms with E-state index in [2.05, 4.69) is 43.6 Å². The van der Waals surface area contributed by atoms with Crippen molar-refractivity contribution in [3.63, 3.8) is 0 Å². The van der Waals surface area contributed by atoms with E-state index in [1.165, 1.54) is 32.1 Å². The summed E-state index contributed by atoms with van der Waals surface area (Å²) in [6, 6.07) is 4.53. The second kappa shape index (κ2) is 6.21. The number of hydrogen-bond acceptors (Lipinski definition) is 2. The fraction of sp³-hybridized carbons (Fsp3) is 0.750. The molecule has 1 saturated carbocycles. The molecule has 0 amide bonds. The maximum Gasteiger partial charge on any atom is 0.00967 e. The summed E-state index contributed by atoms with van der Waals surface area (Å²) in [4.78, 5) is 1.58. The summed E-state index contributed by atoms with van der Waals surface area (Å²) in [6.07, 6.45) is 7.16. The van der Waals surface area contributed by atoms with Crippen molar-refractivity contribution in [2.75, 3.05) is 6.54 Å². The Bertz CT molecular complexity index is 330. The summed E-state index contributed by atoms with van der Waals surface area (Å²) in [5.74, 6) is 1.62. The second-order valence-electron chi connectivity index (χ2n) is 6.65. The molecule has 0 saturated heterocycles. The lowest BCUT2D eigenvalue weighted by atomic mass is 9.79. The normalized spacial score (nSPS) is 19.9. The molecule has 1 unspecified atom stereocenters. The van der Waals surface area contributed by atoms with Gasteiger partial charge < -0.3 is 5.32 Å².